The maximum atomic E-state index is 13.8. The van der Waals surface area contributed by atoms with Crippen LogP contribution < -0.4 is 5.32 Å². The summed E-state index contributed by atoms with van der Waals surface area (Å²) in [7, 11) is 0. The third-order valence-corrected chi connectivity index (χ3v) is 3.77. The lowest BCUT2D eigenvalue weighted by molar-refractivity contribution is 0.446. The normalized spacial score (nSPS) is 17.1. The van der Waals surface area contributed by atoms with E-state index in [0.717, 1.165) is 31.5 Å². The van der Waals surface area contributed by atoms with Crippen LogP contribution >= 0.6 is 11.6 Å². The van der Waals surface area contributed by atoms with E-state index in [0.29, 0.717) is 0 Å². The van der Waals surface area contributed by atoms with Crippen LogP contribution in [0.25, 0.3) is 0 Å². The third kappa shape index (κ3) is 3.20. The quantitative estimate of drug-likeness (QED) is 0.763. The molecule has 1 fully saturated rings. The molecule has 17 heavy (non-hydrogen) atoms. The van der Waals surface area contributed by atoms with Crippen LogP contribution in [0.15, 0.2) is 18.2 Å². The van der Waals surface area contributed by atoms with Crippen LogP contribution in [0.2, 0.25) is 5.02 Å². The fourth-order valence-corrected chi connectivity index (χ4v) is 2.41. The van der Waals surface area contributed by atoms with Crippen LogP contribution in [0, 0.1) is 11.2 Å². The standard InChI is InChI=1S/C14H19ClFN/c1-2-8-17-10-14(6-7-14)9-11-4-3-5-12(15)13(11)16/h3-5,17H,2,6-10H2,1H3. The molecule has 0 spiro atoms. The van der Waals surface area contributed by atoms with Gasteiger partial charge >= 0.3 is 0 Å². The molecule has 1 saturated carbocycles. The molecule has 3 heteroatoms. The van der Waals surface area contributed by atoms with Crippen LogP contribution in [-0.4, -0.2) is 13.1 Å². The Morgan fingerprint density at radius 1 is 1.41 bits per heavy atom. The zero-order valence-corrected chi connectivity index (χ0v) is 11.0. The Morgan fingerprint density at radius 3 is 2.82 bits per heavy atom. The molecule has 0 aliphatic heterocycles. The van der Waals surface area contributed by atoms with Gasteiger partial charge in [-0.2, -0.15) is 0 Å². The van der Waals surface area contributed by atoms with Crippen LogP contribution in [0.1, 0.15) is 31.7 Å². The highest BCUT2D eigenvalue weighted by Gasteiger charge is 2.42. The first-order valence-corrected chi connectivity index (χ1v) is 6.68. The van der Waals surface area contributed by atoms with E-state index in [1.807, 2.05) is 12.1 Å². The Hall–Kier alpha value is -0.600. The predicted molar refractivity (Wildman–Crippen MR) is 69.9 cm³/mol. The molecule has 0 unspecified atom stereocenters. The van der Waals surface area contributed by atoms with E-state index in [1.165, 1.54) is 12.8 Å². The van der Waals surface area contributed by atoms with Crippen molar-refractivity contribution < 1.29 is 4.39 Å². The highest BCUT2D eigenvalue weighted by Crippen LogP contribution is 2.48. The van der Waals surface area contributed by atoms with Crippen molar-refractivity contribution in [2.45, 2.75) is 32.6 Å². The van der Waals surface area contributed by atoms with Gasteiger partial charge in [0.1, 0.15) is 5.82 Å². The Kier molecular flexibility index (Phi) is 4.05. The fraction of sp³-hybridized carbons (Fsp3) is 0.571. The van der Waals surface area contributed by atoms with E-state index in [1.54, 1.807) is 6.07 Å². The van der Waals surface area contributed by atoms with E-state index < -0.39 is 0 Å². The van der Waals surface area contributed by atoms with Gasteiger partial charge in [0, 0.05) is 6.54 Å². The molecule has 1 aliphatic rings. The van der Waals surface area contributed by atoms with Gasteiger partial charge in [-0.15, -0.1) is 0 Å². The molecule has 1 aromatic rings. The van der Waals surface area contributed by atoms with Gasteiger partial charge in [-0.1, -0.05) is 30.7 Å². The van der Waals surface area contributed by atoms with Gasteiger partial charge in [0.2, 0.25) is 0 Å². The third-order valence-electron chi connectivity index (χ3n) is 3.48. The molecule has 0 radical (unpaired) electrons. The number of nitrogens with one attached hydrogen (secondary N) is 1. The maximum Gasteiger partial charge on any atom is 0.144 e. The monoisotopic (exact) mass is 255 g/mol. The van der Waals surface area contributed by atoms with Gasteiger partial charge in [0.25, 0.3) is 0 Å². The van der Waals surface area contributed by atoms with Crippen molar-refractivity contribution in [3.05, 3.63) is 34.6 Å². The minimum atomic E-state index is -0.240. The van der Waals surface area contributed by atoms with Crippen molar-refractivity contribution in [3.8, 4) is 0 Å². The van der Waals surface area contributed by atoms with E-state index in [2.05, 4.69) is 12.2 Å². The summed E-state index contributed by atoms with van der Waals surface area (Å²) in [5.74, 6) is -0.240. The number of halogens is 2. The lowest BCUT2D eigenvalue weighted by atomic mass is 9.96. The molecule has 1 aromatic carbocycles. The molecule has 94 valence electrons. The molecule has 0 heterocycles. The molecule has 1 aliphatic carbocycles. The van der Waals surface area contributed by atoms with E-state index in [4.69, 9.17) is 11.6 Å². The van der Waals surface area contributed by atoms with Gasteiger partial charge in [0.15, 0.2) is 0 Å². The van der Waals surface area contributed by atoms with Crippen molar-refractivity contribution in [2.75, 3.05) is 13.1 Å². The summed E-state index contributed by atoms with van der Waals surface area (Å²) in [6, 6.07) is 5.28. The first-order chi connectivity index (χ1) is 8.17. The van der Waals surface area contributed by atoms with Crippen molar-refractivity contribution in [1.29, 1.82) is 0 Å². The van der Waals surface area contributed by atoms with Gasteiger partial charge in [-0.3, -0.25) is 0 Å². The molecule has 0 saturated heterocycles. The number of hydrogen-bond donors (Lipinski definition) is 1. The Bertz CT molecular complexity index is 388. The fourth-order valence-electron chi connectivity index (χ4n) is 2.21. The molecule has 0 bridgehead atoms. The maximum absolute atomic E-state index is 13.8. The average molecular weight is 256 g/mol. The van der Waals surface area contributed by atoms with E-state index in [9.17, 15) is 4.39 Å². The van der Waals surface area contributed by atoms with Crippen LogP contribution in [0.3, 0.4) is 0 Å². The Balaban J connectivity index is 1.98. The molecular formula is C14H19ClFN. The summed E-state index contributed by atoms with van der Waals surface area (Å²) in [4.78, 5) is 0. The highest BCUT2D eigenvalue weighted by atomic mass is 35.5. The summed E-state index contributed by atoms with van der Waals surface area (Å²) in [5, 5.41) is 3.67. The van der Waals surface area contributed by atoms with Crippen LogP contribution in [-0.2, 0) is 6.42 Å². The van der Waals surface area contributed by atoms with Crippen LogP contribution in [0.4, 0.5) is 4.39 Å². The largest absolute Gasteiger partial charge is 0.316 e. The zero-order chi connectivity index (χ0) is 12.3. The Morgan fingerprint density at radius 2 is 2.18 bits per heavy atom. The molecule has 2 rings (SSSR count). The van der Waals surface area contributed by atoms with Crippen molar-refractivity contribution in [3.63, 3.8) is 0 Å². The first-order valence-electron chi connectivity index (χ1n) is 6.30. The van der Waals surface area contributed by atoms with Gasteiger partial charge in [-0.25, -0.2) is 4.39 Å². The second-order valence-electron chi connectivity index (χ2n) is 5.07. The summed E-state index contributed by atoms with van der Waals surface area (Å²) in [5.41, 5.74) is 1.04. The van der Waals surface area contributed by atoms with Gasteiger partial charge < -0.3 is 5.32 Å². The summed E-state index contributed by atoms with van der Waals surface area (Å²) in [6.45, 7) is 4.19. The van der Waals surface area contributed by atoms with E-state index in [-0.39, 0.29) is 16.3 Å². The Labute approximate surface area is 107 Å². The summed E-state index contributed by atoms with van der Waals surface area (Å²) >= 11 is 5.80. The zero-order valence-electron chi connectivity index (χ0n) is 10.2. The van der Waals surface area contributed by atoms with Crippen molar-refractivity contribution in [2.24, 2.45) is 5.41 Å². The first kappa shape index (κ1) is 12.8. The molecule has 0 aromatic heterocycles. The number of rotatable bonds is 6. The van der Waals surface area contributed by atoms with Gasteiger partial charge in [0.05, 0.1) is 5.02 Å². The summed E-state index contributed by atoms with van der Waals surface area (Å²) in [6.07, 6.45) is 4.32. The lowest BCUT2D eigenvalue weighted by Crippen LogP contribution is -2.26. The molecule has 0 amide bonds. The van der Waals surface area contributed by atoms with Gasteiger partial charge in [-0.05, 0) is 49.3 Å². The van der Waals surface area contributed by atoms with Crippen molar-refractivity contribution >= 4 is 11.6 Å². The van der Waals surface area contributed by atoms with Crippen LogP contribution in [0.5, 0.6) is 0 Å². The molecule has 0 atom stereocenters. The van der Waals surface area contributed by atoms with Crippen molar-refractivity contribution in [1.82, 2.24) is 5.32 Å². The predicted octanol–water partition coefficient (Wildman–Crippen LogP) is 3.80. The molecular weight excluding hydrogens is 237 g/mol. The SMILES string of the molecule is CCCNCC1(Cc2cccc(Cl)c2F)CC1. The number of hydrogen-bond acceptors (Lipinski definition) is 1. The smallest absolute Gasteiger partial charge is 0.144 e. The summed E-state index contributed by atoms with van der Waals surface area (Å²) < 4.78 is 13.8. The second kappa shape index (κ2) is 5.36. The molecule has 1 N–H and O–H groups in total. The highest BCUT2D eigenvalue weighted by molar-refractivity contribution is 6.30. The molecule has 1 nitrogen and oxygen atoms in total. The second-order valence-corrected chi connectivity index (χ2v) is 5.47. The average Bonchev–Trinajstić information content (AvgIpc) is 3.06. The minimum Gasteiger partial charge on any atom is -0.316 e. The minimum absolute atomic E-state index is 0.236. The van der Waals surface area contributed by atoms with E-state index >= 15 is 0 Å². The number of benzene rings is 1. The lowest BCUT2D eigenvalue weighted by Gasteiger charge is -2.16. The topological polar surface area (TPSA) is 12.0 Å².